The zero-order valence-corrected chi connectivity index (χ0v) is 25.5. The lowest BCUT2D eigenvalue weighted by atomic mass is 9.84. The van der Waals surface area contributed by atoms with Gasteiger partial charge in [-0.15, -0.1) is 0 Å². The number of carbonyl (C=O) groups excluding carboxylic acids is 1. The minimum Gasteiger partial charge on any atom is -0.293 e. The van der Waals surface area contributed by atoms with E-state index in [2.05, 4.69) is 78.9 Å². The molecule has 2 fully saturated rings. The number of fused-ring (bicyclic) bond motifs is 2. The minimum absolute atomic E-state index is 0.246. The third-order valence-corrected chi connectivity index (χ3v) is 10.2. The lowest BCUT2D eigenvalue weighted by Gasteiger charge is -2.19. The van der Waals surface area contributed by atoms with E-state index < -0.39 is 0 Å². The van der Waals surface area contributed by atoms with E-state index in [-0.39, 0.29) is 5.41 Å². The molecule has 0 radical (unpaired) electrons. The van der Waals surface area contributed by atoms with Gasteiger partial charge in [0.15, 0.2) is 5.78 Å². The summed E-state index contributed by atoms with van der Waals surface area (Å²) in [4.78, 5) is 14.3. The fourth-order valence-corrected chi connectivity index (χ4v) is 8.05. The third-order valence-electron chi connectivity index (χ3n) is 10.2. The molecule has 8 rings (SSSR count). The average molecular weight is 553 g/mol. The van der Waals surface area contributed by atoms with Crippen molar-refractivity contribution in [3.8, 4) is 0 Å². The number of rotatable bonds is 5. The van der Waals surface area contributed by atoms with Crippen molar-refractivity contribution in [3.63, 3.8) is 0 Å². The lowest BCUT2D eigenvalue weighted by molar-refractivity contribution is -0.118. The molecule has 0 bridgehead atoms. The molecular formula is C41H44O. The van der Waals surface area contributed by atoms with Gasteiger partial charge in [-0.3, -0.25) is 4.79 Å². The van der Waals surface area contributed by atoms with E-state index in [9.17, 15) is 4.79 Å². The first-order chi connectivity index (χ1) is 20.7. The second-order valence-corrected chi connectivity index (χ2v) is 13.0. The highest BCUT2D eigenvalue weighted by Gasteiger charge is 2.60. The van der Waals surface area contributed by atoms with Crippen LogP contribution < -0.4 is 0 Å². The Balaban J connectivity index is 0.00000141. The van der Waals surface area contributed by atoms with E-state index in [0.29, 0.717) is 11.7 Å². The van der Waals surface area contributed by atoms with Gasteiger partial charge in [0.25, 0.3) is 0 Å². The van der Waals surface area contributed by atoms with Crippen LogP contribution in [0.15, 0.2) is 95.1 Å². The van der Waals surface area contributed by atoms with E-state index >= 15 is 0 Å². The summed E-state index contributed by atoms with van der Waals surface area (Å²) in [6.07, 6.45) is 21.4. The molecule has 0 N–H and O–H groups in total. The van der Waals surface area contributed by atoms with Crippen LogP contribution >= 0.6 is 0 Å². The molecule has 214 valence electrons. The van der Waals surface area contributed by atoms with Crippen molar-refractivity contribution >= 4 is 28.2 Å². The van der Waals surface area contributed by atoms with Crippen LogP contribution in [0.25, 0.3) is 22.4 Å². The van der Waals surface area contributed by atoms with Crippen molar-refractivity contribution in [2.75, 3.05) is 0 Å². The van der Waals surface area contributed by atoms with Gasteiger partial charge in [0.05, 0.1) is 5.41 Å². The van der Waals surface area contributed by atoms with Gasteiger partial charge in [-0.05, 0) is 121 Å². The van der Waals surface area contributed by atoms with Crippen LogP contribution in [0.4, 0.5) is 0 Å². The van der Waals surface area contributed by atoms with Crippen molar-refractivity contribution in [2.24, 2.45) is 11.3 Å². The van der Waals surface area contributed by atoms with Crippen LogP contribution in [0.2, 0.25) is 0 Å². The second kappa shape index (κ2) is 11.3. The van der Waals surface area contributed by atoms with Gasteiger partial charge in [-0.2, -0.15) is 0 Å². The van der Waals surface area contributed by atoms with Gasteiger partial charge in [0, 0.05) is 5.57 Å². The molecule has 1 atom stereocenters. The number of benzene rings is 3. The highest BCUT2D eigenvalue weighted by atomic mass is 16.1. The van der Waals surface area contributed by atoms with E-state index in [0.717, 1.165) is 49.7 Å². The standard InChI is InChI=1S/C39H38O.C2H6/c40-38-33(19-16-26-10-6-3-7-11-26)36(37(29-17-18-29)39(38)20-21-39)35-32-15-9-8-14-30(32)25-31-23-28(24-34(31)35)22-27-12-4-1-2-5-13-27;1-2/h3,6-12,14-16,19,25,28H,1-2,4-5,13,17-18,20-24H2;1-2H3/b19-16+;. The van der Waals surface area contributed by atoms with Crippen molar-refractivity contribution < 1.29 is 4.79 Å². The molecule has 1 nitrogen and oxygen atoms in total. The van der Waals surface area contributed by atoms with Gasteiger partial charge in [-0.1, -0.05) is 110 Å². The van der Waals surface area contributed by atoms with Gasteiger partial charge < -0.3 is 0 Å². The van der Waals surface area contributed by atoms with Crippen molar-refractivity contribution in [3.05, 3.63) is 117 Å². The number of Topliss-reactive ketones (excluding diaryl/α,β-unsaturated/α-hetero) is 1. The van der Waals surface area contributed by atoms with E-state index in [1.165, 1.54) is 77.1 Å². The minimum atomic E-state index is -0.246. The van der Waals surface area contributed by atoms with Crippen molar-refractivity contribution in [1.29, 1.82) is 0 Å². The Morgan fingerprint density at radius 1 is 0.857 bits per heavy atom. The average Bonchev–Trinajstić information content (AvgIpc) is 3.95. The van der Waals surface area contributed by atoms with Crippen LogP contribution in [0.3, 0.4) is 0 Å². The van der Waals surface area contributed by atoms with Crippen molar-refractivity contribution in [1.82, 2.24) is 0 Å². The van der Waals surface area contributed by atoms with Crippen LogP contribution in [-0.4, -0.2) is 5.78 Å². The van der Waals surface area contributed by atoms with Crippen LogP contribution in [0.5, 0.6) is 0 Å². The lowest BCUT2D eigenvalue weighted by Crippen LogP contribution is -2.12. The molecule has 2 saturated carbocycles. The predicted molar refractivity (Wildman–Crippen MR) is 177 cm³/mol. The quantitative estimate of drug-likeness (QED) is 0.288. The van der Waals surface area contributed by atoms with Crippen molar-refractivity contribution in [2.45, 2.75) is 90.9 Å². The second-order valence-electron chi connectivity index (χ2n) is 13.0. The summed E-state index contributed by atoms with van der Waals surface area (Å²) >= 11 is 0. The molecule has 0 aliphatic heterocycles. The molecule has 0 heterocycles. The Bertz CT molecular complexity index is 1650. The Hall–Kier alpha value is -3.45. The van der Waals surface area contributed by atoms with Crippen LogP contribution in [0.1, 0.15) is 100 Å². The largest absolute Gasteiger partial charge is 0.293 e. The smallest absolute Gasteiger partial charge is 0.174 e. The maximum atomic E-state index is 14.3. The predicted octanol–water partition coefficient (Wildman–Crippen LogP) is 10.8. The Morgan fingerprint density at radius 3 is 2.43 bits per heavy atom. The number of ketones is 1. The SMILES string of the molecule is CC.O=C1C(/C=C/c2ccccc2)=C(c2c3c(cc4ccccc24)CC(CC2=CCCCCC2)C3)C(=C2CC2)C12CC2. The molecule has 5 aliphatic carbocycles. The Kier molecular flexibility index (Phi) is 7.39. The molecule has 42 heavy (non-hydrogen) atoms. The van der Waals surface area contributed by atoms with Crippen LogP contribution in [0, 0.1) is 11.3 Å². The summed E-state index contributed by atoms with van der Waals surface area (Å²) < 4.78 is 0. The third kappa shape index (κ3) is 4.85. The molecule has 0 saturated heterocycles. The van der Waals surface area contributed by atoms with E-state index in [1.807, 2.05) is 13.8 Å². The highest BCUT2D eigenvalue weighted by molar-refractivity contribution is 6.23. The topological polar surface area (TPSA) is 17.1 Å². The Labute approximate surface area is 252 Å². The molecule has 0 aromatic heterocycles. The van der Waals surface area contributed by atoms with Gasteiger partial charge in [0.1, 0.15) is 0 Å². The normalized spacial score (nSPS) is 22.4. The zero-order valence-electron chi connectivity index (χ0n) is 25.5. The summed E-state index contributed by atoms with van der Waals surface area (Å²) in [7, 11) is 0. The number of carbonyl (C=O) groups is 1. The molecular weight excluding hydrogens is 508 g/mol. The first kappa shape index (κ1) is 27.4. The fourth-order valence-electron chi connectivity index (χ4n) is 8.05. The van der Waals surface area contributed by atoms with Crippen LogP contribution in [-0.2, 0) is 17.6 Å². The number of hydrogen-bond donors (Lipinski definition) is 0. The summed E-state index contributed by atoms with van der Waals surface area (Å²) in [5.74, 6) is 1.05. The molecule has 1 spiro atoms. The van der Waals surface area contributed by atoms with E-state index in [1.54, 1.807) is 11.1 Å². The van der Waals surface area contributed by atoms with E-state index in [4.69, 9.17) is 0 Å². The maximum absolute atomic E-state index is 14.3. The van der Waals surface area contributed by atoms with Gasteiger partial charge in [-0.25, -0.2) is 0 Å². The zero-order chi connectivity index (χ0) is 28.7. The Morgan fingerprint density at radius 2 is 1.64 bits per heavy atom. The highest BCUT2D eigenvalue weighted by Crippen LogP contribution is 2.67. The maximum Gasteiger partial charge on any atom is 0.174 e. The summed E-state index contributed by atoms with van der Waals surface area (Å²) in [5.41, 5.74) is 12.3. The molecule has 3 aromatic carbocycles. The summed E-state index contributed by atoms with van der Waals surface area (Å²) in [6.45, 7) is 4.00. The number of allylic oxidation sites excluding steroid dienone is 7. The van der Waals surface area contributed by atoms with Gasteiger partial charge >= 0.3 is 0 Å². The molecule has 1 heteroatoms. The first-order valence-corrected chi connectivity index (χ1v) is 16.7. The summed E-state index contributed by atoms with van der Waals surface area (Å²) in [5, 5.41) is 2.66. The summed E-state index contributed by atoms with van der Waals surface area (Å²) in [6, 6.07) is 21.9. The monoisotopic (exact) mass is 552 g/mol. The number of hydrogen-bond acceptors (Lipinski definition) is 1. The fraction of sp³-hybridized carbons (Fsp3) is 0.390. The molecule has 3 aromatic rings. The first-order valence-electron chi connectivity index (χ1n) is 16.7. The molecule has 0 amide bonds. The molecule has 1 unspecified atom stereocenters. The molecule has 5 aliphatic rings. The van der Waals surface area contributed by atoms with Gasteiger partial charge in [0.2, 0.25) is 0 Å².